The summed E-state index contributed by atoms with van der Waals surface area (Å²) in [4.78, 5) is 4.70. The number of rotatable bonds is 6. The van der Waals surface area contributed by atoms with E-state index in [1.165, 1.54) is 6.07 Å². The second-order valence-electron chi connectivity index (χ2n) is 9.50. The smallest absolute Gasteiger partial charge is 0.183 e. The van der Waals surface area contributed by atoms with Crippen molar-refractivity contribution in [1.29, 1.82) is 0 Å². The van der Waals surface area contributed by atoms with Gasteiger partial charge in [-0.1, -0.05) is 36.4 Å². The second kappa shape index (κ2) is 9.37. The third kappa shape index (κ3) is 3.89. The van der Waals surface area contributed by atoms with Crippen LogP contribution >= 0.6 is 0 Å². The van der Waals surface area contributed by atoms with E-state index in [2.05, 4.69) is 29.1 Å². The van der Waals surface area contributed by atoms with Crippen molar-refractivity contribution in [1.82, 2.24) is 29.5 Å². The van der Waals surface area contributed by atoms with Crippen molar-refractivity contribution in [3.05, 3.63) is 79.0 Å². The van der Waals surface area contributed by atoms with Crippen molar-refractivity contribution >= 4 is 22.1 Å². The van der Waals surface area contributed by atoms with Crippen molar-refractivity contribution in [3.63, 3.8) is 0 Å². The number of halogens is 1. The standard InChI is InChI=1S/C30H27FN6O/c1-5-36-17-32-29-27(28(33-34-30(29)36)19-9-7-6-8-10-19)20-11-12-24(31)22(13-20)23-14-21-16-37(18(2)3)35-25(21)15-26(23)38-4/h6-18H,5H2,1-4H3. The molecule has 0 aliphatic heterocycles. The largest absolute Gasteiger partial charge is 0.496 e. The summed E-state index contributed by atoms with van der Waals surface area (Å²) in [6, 6.07) is 19.0. The monoisotopic (exact) mass is 506 g/mol. The maximum absolute atomic E-state index is 15.5. The average Bonchev–Trinajstić information content (AvgIpc) is 3.56. The van der Waals surface area contributed by atoms with Crippen LogP contribution in [0.2, 0.25) is 0 Å². The Balaban J connectivity index is 1.60. The lowest BCUT2D eigenvalue weighted by molar-refractivity contribution is 0.416. The summed E-state index contributed by atoms with van der Waals surface area (Å²) in [5, 5.41) is 14.7. The molecule has 0 amide bonds. The van der Waals surface area contributed by atoms with Gasteiger partial charge in [0.25, 0.3) is 0 Å². The molecular weight excluding hydrogens is 479 g/mol. The molecule has 0 saturated carbocycles. The molecule has 0 spiro atoms. The van der Waals surface area contributed by atoms with E-state index in [1.54, 1.807) is 19.5 Å². The van der Waals surface area contributed by atoms with Crippen LogP contribution in [0, 0.1) is 5.82 Å². The minimum Gasteiger partial charge on any atom is -0.496 e. The van der Waals surface area contributed by atoms with Crippen molar-refractivity contribution < 1.29 is 9.13 Å². The quantitative estimate of drug-likeness (QED) is 0.245. The van der Waals surface area contributed by atoms with Gasteiger partial charge in [-0.2, -0.15) is 5.10 Å². The third-order valence-electron chi connectivity index (χ3n) is 6.83. The van der Waals surface area contributed by atoms with Gasteiger partial charge in [0.05, 0.1) is 19.0 Å². The van der Waals surface area contributed by atoms with E-state index in [0.29, 0.717) is 34.8 Å². The number of fused-ring (bicyclic) bond motifs is 2. The van der Waals surface area contributed by atoms with E-state index in [1.807, 2.05) is 70.9 Å². The molecule has 3 heterocycles. The Morgan fingerprint density at radius 2 is 1.76 bits per heavy atom. The summed E-state index contributed by atoms with van der Waals surface area (Å²) in [5.74, 6) is 0.209. The fourth-order valence-electron chi connectivity index (χ4n) is 4.82. The van der Waals surface area contributed by atoms with Crippen LogP contribution in [0.4, 0.5) is 4.39 Å². The SMILES string of the molecule is CCn1cnc2c(-c3ccc(F)c(-c4cc5cn(C(C)C)nc5cc4OC)c3)c(-c3ccccc3)nnc21. The first-order valence-corrected chi connectivity index (χ1v) is 12.6. The molecule has 3 aromatic heterocycles. The average molecular weight is 507 g/mol. The summed E-state index contributed by atoms with van der Waals surface area (Å²) in [6.45, 7) is 6.89. The van der Waals surface area contributed by atoms with Crippen LogP contribution in [-0.2, 0) is 6.54 Å². The third-order valence-corrected chi connectivity index (χ3v) is 6.83. The van der Waals surface area contributed by atoms with E-state index < -0.39 is 0 Å². The number of aromatic nitrogens is 6. The predicted octanol–water partition coefficient (Wildman–Crippen LogP) is 6.93. The van der Waals surface area contributed by atoms with Gasteiger partial charge in [-0.3, -0.25) is 4.68 Å². The highest BCUT2D eigenvalue weighted by atomic mass is 19.1. The molecule has 0 bridgehead atoms. The topological polar surface area (TPSA) is 70.7 Å². The molecule has 6 aromatic rings. The molecule has 8 heteroatoms. The van der Waals surface area contributed by atoms with Gasteiger partial charge in [0.2, 0.25) is 0 Å². The zero-order chi connectivity index (χ0) is 26.4. The molecule has 190 valence electrons. The minimum atomic E-state index is -0.346. The van der Waals surface area contributed by atoms with Gasteiger partial charge < -0.3 is 9.30 Å². The first-order chi connectivity index (χ1) is 18.5. The van der Waals surface area contributed by atoms with Gasteiger partial charge in [-0.15, -0.1) is 10.2 Å². The molecule has 3 aromatic carbocycles. The Morgan fingerprint density at radius 3 is 2.50 bits per heavy atom. The molecule has 0 saturated heterocycles. The zero-order valence-corrected chi connectivity index (χ0v) is 21.7. The summed E-state index contributed by atoms with van der Waals surface area (Å²) >= 11 is 0. The number of methoxy groups -OCH3 is 1. The number of ether oxygens (including phenoxy) is 1. The summed E-state index contributed by atoms with van der Waals surface area (Å²) in [6.07, 6.45) is 3.75. The number of imidazole rings is 1. The van der Waals surface area contributed by atoms with Crippen LogP contribution in [-0.4, -0.2) is 36.6 Å². The number of benzene rings is 3. The van der Waals surface area contributed by atoms with Gasteiger partial charge in [0, 0.05) is 52.5 Å². The fourth-order valence-corrected chi connectivity index (χ4v) is 4.82. The van der Waals surface area contributed by atoms with Gasteiger partial charge in [-0.05, 0) is 44.5 Å². The first kappa shape index (κ1) is 23.8. The Morgan fingerprint density at radius 1 is 0.947 bits per heavy atom. The molecule has 0 aliphatic rings. The summed E-state index contributed by atoms with van der Waals surface area (Å²) in [5.41, 5.74) is 6.49. The van der Waals surface area contributed by atoms with E-state index in [0.717, 1.165) is 33.1 Å². The van der Waals surface area contributed by atoms with Crippen LogP contribution in [0.25, 0.3) is 55.6 Å². The Kier molecular flexibility index (Phi) is 5.87. The summed E-state index contributed by atoms with van der Waals surface area (Å²) < 4.78 is 25.1. The Bertz CT molecular complexity index is 1790. The second-order valence-corrected chi connectivity index (χ2v) is 9.50. The van der Waals surface area contributed by atoms with Crippen LogP contribution in [0.5, 0.6) is 5.75 Å². The van der Waals surface area contributed by atoms with Gasteiger partial charge in [-0.25, -0.2) is 9.37 Å². The highest BCUT2D eigenvalue weighted by Crippen LogP contribution is 2.40. The normalized spacial score (nSPS) is 11.6. The highest BCUT2D eigenvalue weighted by molar-refractivity contribution is 5.98. The molecule has 6 rings (SSSR count). The maximum atomic E-state index is 15.5. The molecule has 0 N–H and O–H groups in total. The van der Waals surface area contributed by atoms with E-state index >= 15 is 4.39 Å². The van der Waals surface area contributed by atoms with E-state index in [9.17, 15) is 0 Å². The fraction of sp³-hybridized carbons (Fsp3) is 0.200. The van der Waals surface area contributed by atoms with Crippen LogP contribution in [0.3, 0.4) is 0 Å². The molecule has 0 atom stereocenters. The predicted molar refractivity (Wildman–Crippen MR) is 147 cm³/mol. The van der Waals surface area contributed by atoms with Crippen LogP contribution in [0.15, 0.2) is 73.2 Å². The Hall–Kier alpha value is -4.59. The van der Waals surface area contributed by atoms with Crippen molar-refractivity contribution in [2.45, 2.75) is 33.4 Å². The molecule has 0 radical (unpaired) electrons. The Labute approximate surface area is 219 Å². The lowest BCUT2D eigenvalue weighted by atomic mass is 9.94. The summed E-state index contributed by atoms with van der Waals surface area (Å²) in [7, 11) is 1.59. The van der Waals surface area contributed by atoms with Crippen molar-refractivity contribution in [2.24, 2.45) is 0 Å². The van der Waals surface area contributed by atoms with Crippen LogP contribution in [0.1, 0.15) is 26.8 Å². The molecule has 38 heavy (non-hydrogen) atoms. The highest BCUT2D eigenvalue weighted by Gasteiger charge is 2.21. The molecule has 0 unspecified atom stereocenters. The molecule has 0 aliphatic carbocycles. The van der Waals surface area contributed by atoms with Crippen molar-refractivity contribution in [2.75, 3.05) is 7.11 Å². The molecule has 7 nitrogen and oxygen atoms in total. The number of hydrogen-bond acceptors (Lipinski definition) is 5. The number of aryl methyl sites for hydroxylation is 1. The van der Waals surface area contributed by atoms with Gasteiger partial charge in [0.15, 0.2) is 5.65 Å². The lowest BCUT2D eigenvalue weighted by Crippen LogP contribution is -1.99. The van der Waals surface area contributed by atoms with E-state index in [-0.39, 0.29) is 11.9 Å². The maximum Gasteiger partial charge on any atom is 0.183 e. The lowest BCUT2D eigenvalue weighted by Gasteiger charge is -2.14. The molecular formula is C30H27FN6O. The van der Waals surface area contributed by atoms with Crippen molar-refractivity contribution in [3.8, 4) is 39.3 Å². The molecule has 0 fully saturated rings. The van der Waals surface area contributed by atoms with Gasteiger partial charge >= 0.3 is 0 Å². The number of nitrogens with zero attached hydrogens (tertiary/aromatic N) is 6. The first-order valence-electron chi connectivity index (χ1n) is 12.6. The van der Waals surface area contributed by atoms with Gasteiger partial charge in [0.1, 0.15) is 22.8 Å². The van der Waals surface area contributed by atoms with Crippen LogP contribution < -0.4 is 4.74 Å². The minimum absolute atomic E-state index is 0.206. The zero-order valence-electron chi connectivity index (χ0n) is 21.7. The van der Waals surface area contributed by atoms with E-state index in [4.69, 9.17) is 9.72 Å². The number of hydrogen-bond donors (Lipinski definition) is 0.